The van der Waals surface area contributed by atoms with Crippen molar-refractivity contribution in [2.75, 3.05) is 19.8 Å². The van der Waals surface area contributed by atoms with Gasteiger partial charge < -0.3 is 15.8 Å². The van der Waals surface area contributed by atoms with E-state index in [-0.39, 0.29) is 11.3 Å². The number of nitrogens with two attached hydrogens (primary N) is 1. The van der Waals surface area contributed by atoms with Gasteiger partial charge in [0.1, 0.15) is 0 Å². The number of hydrogen-bond acceptors (Lipinski definition) is 3. The third-order valence-corrected chi connectivity index (χ3v) is 4.32. The van der Waals surface area contributed by atoms with Crippen LogP contribution in [-0.4, -0.2) is 31.2 Å². The molecule has 3 N–H and O–H groups in total. The summed E-state index contributed by atoms with van der Waals surface area (Å²) in [5.41, 5.74) is 5.73. The van der Waals surface area contributed by atoms with E-state index in [4.69, 9.17) is 10.5 Å². The monoisotopic (exact) mass is 240 g/mol. The molecule has 0 aromatic heterocycles. The molecular formula is C13H24N2O2. The van der Waals surface area contributed by atoms with Gasteiger partial charge in [0, 0.05) is 19.8 Å². The quantitative estimate of drug-likeness (QED) is 0.779. The minimum absolute atomic E-state index is 0.00826. The second-order valence-electron chi connectivity index (χ2n) is 5.97. The van der Waals surface area contributed by atoms with Gasteiger partial charge in [-0.1, -0.05) is 19.8 Å². The maximum absolute atomic E-state index is 12.1. The summed E-state index contributed by atoms with van der Waals surface area (Å²) in [6.07, 6.45) is 6.27. The minimum Gasteiger partial charge on any atom is -0.381 e. The fourth-order valence-electron chi connectivity index (χ4n) is 2.84. The van der Waals surface area contributed by atoms with E-state index in [0.717, 1.165) is 6.54 Å². The van der Waals surface area contributed by atoms with Gasteiger partial charge in [-0.2, -0.15) is 0 Å². The van der Waals surface area contributed by atoms with Crippen LogP contribution >= 0.6 is 0 Å². The van der Waals surface area contributed by atoms with Crippen molar-refractivity contribution in [2.45, 2.75) is 51.0 Å². The van der Waals surface area contributed by atoms with E-state index < -0.39 is 5.54 Å². The van der Waals surface area contributed by atoms with Crippen LogP contribution in [0.15, 0.2) is 0 Å². The molecule has 0 atom stereocenters. The zero-order valence-electron chi connectivity index (χ0n) is 10.8. The van der Waals surface area contributed by atoms with E-state index in [1.54, 1.807) is 0 Å². The van der Waals surface area contributed by atoms with E-state index in [9.17, 15) is 4.79 Å². The lowest BCUT2D eigenvalue weighted by atomic mass is 9.87. The van der Waals surface area contributed by atoms with Gasteiger partial charge in [-0.3, -0.25) is 4.79 Å². The second-order valence-corrected chi connectivity index (χ2v) is 5.97. The van der Waals surface area contributed by atoms with Gasteiger partial charge in [0.15, 0.2) is 0 Å². The Morgan fingerprint density at radius 3 is 2.41 bits per heavy atom. The predicted octanol–water partition coefficient (Wildman–Crippen LogP) is 1.19. The Hall–Kier alpha value is -0.610. The molecule has 1 heterocycles. The van der Waals surface area contributed by atoms with Gasteiger partial charge >= 0.3 is 0 Å². The molecular weight excluding hydrogens is 216 g/mol. The molecule has 1 saturated carbocycles. The second kappa shape index (κ2) is 4.94. The standard InChI is InChI=1S/C13H24N2O2/c1-12(4-2-3-5-12)10-15-11(16)13(14)6-8-17-9-7-13/h2-10,14H2,1H3,(H,15,16). The number of amides is 1. The number of carbonyl (C=O) groups is 1. The summed E-state index contributed by atoms with van der Waals surface area (Å²) in [7, 11) is 0. The molecule has 0 unspecified atom stereocenters. The molecule has 0 spiro atoms. The molecule has 4 heteroatoms. The first-order valence-corrected chi connectivity index (χ1v) is 6.69. The molecule has 2 rings (SSSR count). The van der Waals surface area contributed by atoms with Crippen molar-refractivity contribution in [1.29, 1.82) is 0 Å². The van der Waals surface area contributed by atoms with E-state index in [1.165, 1.54) is 25.7 Å². The first kappa shape index (κ1) is 12.8. The summed E-state index contributed by atoms with van der Waals surface area (Å²) in [6, 6.07) is 0. The number of nitrogens with one attached hydrogen (secondary N) is 1. The van der Waals surface area contributed by atoms with Crippen LogP contribution in [0.4, 0.5) is 0 Å². The Bertz CT molecular complexity index is 279. The molecule has 0 aromatic carbocycles. The van der Waals surface area contributed by atoms with Crippen LogP contribution in [0.3, 0.4) is 0 Å². The highest BCUT2D eigenvalue weighted by Crippen LogP contribution is 2.36. The first-order chi connectivity index (χ1) is 8.04. The Morgan fingerprint density at radius 1 is 1.24 bits per heavy atom. The zero-order valence-corrected chi connectivity index (χ0v) is 10.8. The molecule has 1 amide bonds. The number of carbonyl (C=O) groups excluding carboxylic acids is 1. The lowest BCUT2D eigenvalue weighted by Gasteiger charge is -2.33. The minimum atomic E-state index is -0.701. The van der Waals surface area contributed by atoms with E-state index >= 15 is 0 Å². The van der Waals surface area contributed by atoms with Crippen LogP contribution < -0.4 is 11.1 Å². The van der Waals surface area contributed by atoms with Gasteiger partial charge in [-0.15, -0.1) is 0 Å². The maximum atomic E-state index is 12.1. The van der Waals surface area contributed by atoms with Crippen molar-refractivity contribution in [3.05, 3.63) is 0 Å². The van der Waals surface area contributed by atoms with Gasteiger partial charge in [0.2, 0.25) is 5.91 Å². The molecule has 17 heavy (non-hydrogen) atoms. The van der Waals surface area contributed by atoms with E-state index in [0.29, 0.717) is 26.1 Å². The lowest BCUT2D eigenvalue weighted by Crippen LogP contribution is -2.57. The summed E-state index contributed by atoms with van der Waals surface area (Å²) in [5.74, 6) is 0.00826. The largest absolute Gasteiger partial charge is 0.381 e. The molecule has 0 bridgehead atoms. The predicted molar refractivity (Wildman–Crippen MR) is 66.6 cm³/mol. The highest BCUT2D eigenvalue weighted by Gasteiger charge is 2.37. The summed E-state index contributed by atoms with van der Waals surface area (Å²) in [5, 5.41) is 3.06. The highest BCUT2D eigenvalue weighted by atomic mass is 16.5. The van der Waals surface area contributed by atoms with Gasteiger partial charge in [0.25, 0.3) is 0 Å². The molecule has 1 aliphatic carbocycles. The van der Waals surface area contributed by atoms with Crippen LogP contribution in [-0.2, 0) is 9.53 Å². The summed E-state index contributed by atoms with van der Waals surface area (Å²) < 4.78 is 5.25. The SMILES string of the molecule is CC1(CNC(=O)C2(N)CCOCC2)CCCC1. The van der Waals surface area contributed by atoms with Crippen LogP contribution in [0.2, 0.25) is 0 Å². The van der Waals surface area contributed by atoms with Gasteiger partial charge in [-0.25, -0.2) is 0 Å². The Morgan fingerprint density at radius 2 is 1.82 bits per heavy atom. The fourth-order valence-corrected chi connectivity index (χ4v) is 2.84. The summed E-state index contributed by atoms with van der Waals surface area (Å²) in [4.78, 5) is 12.1. The van der Waals surface area contributed by atoms with Crippen molar-refractivity contribution in [3.63, 3.8) is 0 Å². The lowest BCUT2D eigenvalue weighted by molar-refractivity contribution is -0.130. The molecule has 0 radical (unpaired) electrons. The smallest absolute Gasteiger partial charge is 0.240 e. The van der Waals surface area contributed by atoms with Crippen molar-refractivity contribution < 1.29 is 9.53 Å². The maximum Gasteiger partial charge on any atom is 0.240 e. The van der Waals surface area contributed by atoms with Crippen LogP contribution in [0.25, 0.3) is 0 Å². The molecule has 0 aromatic rings. The molecule has 2 aliphatic rings. The first-order valence-electron chi connectivity index (χ1n) is 6.69. The molecule has 1 saturated heterocycles. The van der Waals surface area contributed by atoms with Gasteiger partial charge in [-0.05, 0) is 31.1 Å². The van der Waals surface area contributed by atoms with Crippen LogP contribution in [0.5, 0.6) is 0 Å². The third kappa shape index (κ3) is 2.99. The van der Waals surface area contributed by atoms with E-state index in [1.807, 2.05) is 0 Å². The molecule has 98 valence electrons. The topological polar surface area (TPSA) is 64.4 Å². The number of rotatable bonds is 3. The number of ether oxygens (including phenoxy) is 1. The average molecular weight is 240 g/mol. The van der Waals surface area contributed by atoms with E-state index in [2.05, 4.69) is 12.2 Å². The molecule has 4 nitrogen and oxygen atoms in total. The average Bonchev–Trinajstić information content (AvgIpc) is 2.75. The molecule has 1 aliphatic heterocycles. The van der Waals surface area contributed by atoms with Crippen molar-refractivity contribution in [3.8, 4) is 0 Å². The Kier molecular flexibility index (Phi) is 3.73. The normalized spacial score (nSPS) is 26.7. The summed E-state index contributed by atoms with van der Waals surface area (Å²) in [6.45, 7) is 4.22. The van der Waals surface area contributed by atoms with Crippen LogP contribution in [0.1, 0.15) is 45.4 Å². The van der Waals surface area contributed by atoms with Crippen molar-refractivity contribution in [1.82, 2.24) is 5.32 Å². The third-order valence-electron chi connectivity index (χ3n) is 4.32. The Labute approximate surface area is 103 Å². The fraction of sp³-hybridized carbons (Fsp3) is 0.923. The van der Waals surface area contributed by atoms with Crippen molar-refractivity contribution in [2.24, 2.45) is 11.1 Å². The number of hydrogen-bond donors (Lipinski definition) is 2. The zero-order chi connectivity index (χ0) is 12.4. The van der Waals surface area contributed by atoms with Gasteiger partial charge in [0.05, 0.1) is 5.54 Å². The highest BCUT2D eigenvalue weighted by molar-refractivity contribution is 5.86. The van der Waals surface area contributed by atoms with Crippen molar-refractivity contribution >= 4 is 5.91 Å². The molecule has 2 fully saturated rings. The van der Waals surface area contributed by atoms with Crippen LogP contribution in [0, 0.1) is 5.41 Å². The Balaban J connectivity index is 1.84. The summed E-state index contributed by atoms with van der Waals surface area (Å²) >= 11 is 0.